The van der Waals surface area contributed by atoms with Crippen molar-refractivity contribution in [3.63, 3.8) is 0 Å². The third kappa shape index (κ3) is 2.84. The van der Waals surface area contributed by atoms with Crippen molar-refractivity contribution in [2.24, 2.45) is 0 Å². The Bertz CT molecular complexity index is 696. The zero-order valence-corrected chi connectivity index (χ0v) is 12.0. The van der Waals surface area contributed by atoms with Crippen molar-refractivity contribution in [2.75, 3.05) is 13.1 Å². The van der Waals surface area contributed by atoms with Gasteiger partial charge in [0.1, 0.15) is 17.1 Å². The second-order valence-corrected chi connectivity index (χ2v) is 5.61. The lowest BCUT2D eigenvalue weighted by molar-refractivity contribution is -0.0414. The highest BCUT2D eigenvalue weighted by atomic mass is 19.1. The van der Waals surface area contributed by atoms with E-state index in [1.165, 1.54) is 24.4 Å². The molecule has 2 N–H and O–H groups in total. The second-order valence-electron chi connectivity index (χ2n) is 5.61. The summed E-state index contributed by atoms with van der Waals surface area (Å²) in [6.07, 6.45) is 2.91. The molecule has 0 radical (unpaired) electrons. The number of hydrogen-bond acceptors (Lipinski definition) is 5. The first-order valence-corrected chi connectivity index (χ1v) is 7.10. The third-order valence-electron chi connectivity index (χ3n) is 4.02. The van der Waals surface area contributed by atoms with E-state index in [2.05, 4.69) is 21.5 Å². The predicted molar refractivity (Wildman–Crippen MR) is 75.9 cm³/mol. The summed E-state index contributed by atoms with van der Waals surface area (Å²) < 4.78 is 13.4. The zero-order chi connectivity index (χ0) is 15.6. The van der Waals surface area contributed by atoms with E-state index in [0.717, 1.165) is 13.0 Å². The van der Waals surface area contributed by atoms with Gasteiger partial charge in [-0.2, -0.15) is 20.7 Å². The molecule has 0 spiro atoms. The van der Waals surface area contributed by atoms with Gasteiger partial charge in [0, 0.05) is 13.1 Å². The van der Waals surface area contributed by atoms with Crippen molar-refractivity contribution in [3.8, 4) is 6.07 Å². The molecule has 6 nitrogen and oxygen atoms in total. The number of halogens is 1. The van der Waals surface area contributed by atoms with Gasteiger partial charge in [0.2, 0.25) is 0 Å². The summed E-state index contributed by atoms with van der Waals surface area (Å²) in [6, 6.07) is 6.22. The standard InChI is InChI=1S/C15H16FN5O/c16-13-3-2-11(7-17)12(6-13)9-21-5-1-4-15(22,10-21)14-8-18-20-19-14/h2-3,6,8,22H,1,4-5,9-10H2,(H,18,19,20)/t15-/m0/s1. The second kappa shape index (κ2) is 5.83. The predicted octanol–water partition coefficient (Wildman–Crippen LogP) is 1.30. The lowest BCUT2D eigenvalue weighted by atomic mass is 9.89. The maximum Gasteiger partial charge on any atom is 0.123 e. The lowest BCUT2D eigenvalue weighted by Crippen LogP contribution is -2.46. The minimum absolute atomic E-state index is 0.363. The lowest BCUT2D eigenvalue weighted by Gasteiger charge is -2.38. The minimum atomic E-state index is -1.06. The van der Waals surface area contributed by atoms with Gasteiger partial charge in [0.25, 0.3) is 0 Å². The van der Waals surface area contributed by atoms with Crippen molar-refractivity contribution in [1.29, 1.82) is 5.26 Å². The van der Waals surface area contributed by atoms with Gasteiger partial charge in [-0.05, 0) is 43.1 Å². The van der Waals surface area contributed by atoms with E-state index in [1.54, 1.807) is 0 Å². The summed E-state index contributed by atoms with van der Waals surface area (Å²) in [7, 11) is 0. The molecule has 2 aromatic rings. The van der Waals surface area contributed by atoms with Gasteiger partial charge in [-0.15, -0.1) is 0 Å². The van der Waals surface area contributed by atoms with Gasteiger partial charge >= 0.3 is 0 Å². The van der Waals surface area contributed by atoms with Crippen LogP contribution in [0.1, 0.15) is 29.7 Å². The Morgan fingerprint density at radius 2 is 2.36 bits per heavy atom. The van der Waals surface area contributed by atoms with E-state index < -0.39 is 5.60 Å². The van der Waals surface area contributed by atoms with Crippen LogP contribution in [-0.4, -0.2) is 38.5 Å². The van der Waals surface area contributed by atoms with Crippen molar-refractivity contribution in [2.45, 2.75) is 25.0 Å². The smallest absolute Gasteiger partial charge is 0.123 e. The summed E-state index contributed by atoms with van der Waals surface area (Å²) in [6.45, 7) is 1.57. The molecule has 1 aromatic heterocycles. The van der Waals surface area contributed by atoms with Crippen LogP contribution in [0.3, 0.4) is 0 Å². The van der Waals surface area contributed by atoms with E-state index in [4.69, 9.17) is 5.26 Å². The number of benzene rings is 1. The molecule has 114 valence electrons. The number of H-pyrrole nitrogens is 1. The molecule has 1 aromatic carbocycles. The Hall–Kier alpha value is -2.30. The average molecular weight is 301 g/mol. The maximum absolute atomic E-state index is 13.4. The highest BCUT2D eigenvalue weighted by Crippen LogP contribution is 2.30. The van der Waals surface area contributed by atoms with Crippen molar-refractivity contribution in [1.82, 2.24) is 20.3 Å². The Morgan fingerprint density at radius 1 is 1.50 bits per heavy atom. The Labute approximate surface area is 127 Å². The molecule has 0 bridgehead atoms. The Morgan fingerprint density at radius 3 is 3.09 bits per heavy atom. The fraction of sp³-hybridized carbons (Fsp3) is 0.400. The SMILES string of the molecule is N#Cc1ccc(F)cc1CN1CCC[C@@](O)(c2cn[nH]n2)C1. The molecular formula is C15H16FN5O. The Kier molecular flexibility index (Phi) is 3.88. The molecule has 1 atom stereocenters. The first kappa shape index (κ1) is 14.6. The van der Waals surface area contributed by atoms with E-state index in [-0.39, 0.29) is 5.82 Å². The van der Waals surface area contributed by atoms with E-state index in [9.17, 15) is 9.50 Å². The fourth-order valence-corrected chi connectivity index (χ4v) is 2.94. The molecule has 0 saturated carbocycles. The Balaban J connectivity index is 1.79. The number of aliphatic hydroxyl groups is 1. The number of nitriles is 1. The van der Waals surface area contributed by atoms with Crippen LogP contribution in [0.4, 0.5) is 4.39 Å². The monoisotopic (exact) mass is 301 g/mol. The number of nitrogens with one attached hydrogen (secondary N) is 1. The number of β-amino-alcohol motifs (C(OH)–C–C–N with tert-alkyl or cyclic N) is 1. The summed E-state index contributed by atoms with van der Waals surface area (Å²) in [4.78, 5) is 2.01. The van der Waals surface area contributed by atoms with Gasteiger partial charge < -0.3 is 5.11 Å². The molecule has 0 aliphatic carbocycles. The quantitative estimate of drug-likeness (QED) is 0.892. The van der Waals surface area contributed by atoms with Crippen LogP contribution in [0, 0.1) is 17.1 Å². The van der Waals surface area contributed by atoms with Crippen molar-refractivity contribution < 1.29 is 9.50 Å². The number of nitrogens with zero attached hydrogens (tertiary/aromatic N) is 4. The highest BCUT2D eigenvalue weighted by molar-refractivity contribution is 5.37. The number of likely N-dealkylation sites (tertiary alicyclic amines) is 1. The zero-order valence-electron chi connectivity index (χ0n) is 12.0. The van der Waals surface area contributed by atoms with Gasteiger partial charge in [0.05, 0.1) is 17.8 Å². The fourth-order valence-electron chi connectivity index (χ4n) is 2.94. The summed E-state index contributed by atoms with van der Waals surface area (Å²) in [5.41, 5.74) is 0.534. The van der Waals surface area contributed by atoms with E-state index >= 15 is 0 Å². The van der Waals surface area contributed by atoms with Crippen LogP contribution in [0.5, 0.6) is 0 Å². The molecule has 1 aliphatic heterocycles. The topological polar surface area (TPSA) is 88.8 Å². The maximum atomic E-state index is 13.4. The van der Waals surface area contributed by atoms with Crippen LogP contribution in [0.15, 0.2) is 24.4 Å². The van der Waals surface area contributed by atoms with Crippen LogP contribution >= 0.6 is 0 Å². The minimum Gasteiger partial charge on any atom is -0.382 e. The van der Waals surface area contributed by atoms with Crippen LogP contribution in [0.2, 0.25) is 0 Å². The first-order valence-electron chi connectivity index (χ1n) is 7.10. The number of piperidine rings is 1. The normalized spacial score (nSPS) is 22.4. The van der Waals surface area contributed by atoms with Crippen molar-refractivity contribution >= 4 is 0 Å². The first-order chi connectivity index (χ1) is 10.6. The molecule has 1 saturated heterocycles. The van der Waals surface area contributed by atoms with Gasteiger partial charge in [-0.25, -0.2) is 4.39 Å². The summed E-state index contributed by atoms with van der Waals surface area (Å²) >= 11 is 0. The van der Waals surface area contributed by atoms with E-state index in [1.807, 2.05) is 4.90 Å². The molecule has 2 heterocycles. The largest absolute Gasteiger partial charge is 0.382 e. The highest BCUT2D eigenvalue weighted by Gasteiger charge is 2.37. The molecule has 3 rings (SSSR count). The molecule has 0 unspecified atom stereocenters. The molecule has 1 aliphatic rings. The molecular weight excluding hydrogens is 285 g/mol. The molecule has 1 fully saturated rings. The van der Waals surface area contributed by atoms with Gasteiger partial charge in [0.15, 0.2) is 0 Å². The van der Waals surface area contributed by atoms with Crippen LogP contribution in [-0.2, 0) is 12.1 Å². The molecule has 0 amide bonds. The van der Waals surface area contributed by atoms with Crippen molar-refractivity contribution in [3.05, 3.63) is 47.0 Å². The summed E-state index contributed by atoms with van der Waals surface area (Å²) in [5, 5.41) is 30.1. The molecule has 22 heavy (non-hydrogen) atoms. The van der Waals surface area contributed by atoms with Crippen LogP contribution in [0.25, 0.3) is 0 Å². The van der Waals surface area contributed by atoms with Gasteiger partial charge in [-0.1, -0.05) is 0 Å². The van der Waals surface area contributed by atoms with Gasteiger partial charge in [-0.3, -0.25) is 4.90 Å². The number of aromatic nitrogens is 3. The molecule has 7 heteroatoms. The van der Waals surface area contributed by atoms with E-state index in [0.29, 0.717) is 36.3 Å². The summed E-state index contributed by atoms with van der Waals surface area (Å²) in [5.74, 6) is -0.363. The number of rotatable bonds is 3. The number of hydrogen-bond donors (Lipinski definition) is 2. The third-order valence-corrected chi connectivity index (χ3v) is 4.02. The number of aromatic amines is 1. The average Bonchev–Trinajstić information content (AvgIpc) is 3.03. The van der Waals surface area contributed by atoms with Crippen LogP contribution < -0.4 is 0 Å².